The Morgan fingerprint density at radius 1 is 1.09 bits per heavy atom. The molecule has 0 heterocycles. The number of hydrogen-bond acceptors (Lipinski definition) is 2. The maximum Gasteiger partial charge on any atom is 0.243 e. The number of nitrogens with one attached hydrogen (secondary N) is 2. The summed E-state index contributed by atoms with van der Waals surface area (Å²) in [6, 6.07) is 12.7. The Bertz CT molecular complexity index is 717. The molecule has 2 aromatic rings. The first kappa shape index (κ1) is 17.5. The molecule has 2 rings (SSSR count). The minimum atomic E-state index is -0.292. The van der Waals surface area contributed by atoms with Gasteiger partial charge in [-0.15, -0.1) is 0 Å². The zero-order chi connectivity index (χ0) is 16.8. The molecule has 0 aliphatic rings. The van der Waals surface area contributed by atoms with Crippen molar-refractivity contribution in [2.24, 2.45) is 0 Å². The number of halogens is 2. The summed E-state index contributed by atoms with van der Waals surface area (Å²) < 4.78 is 0.956. The number of amides is 2. The Hall–Kier alpha value is -1.85. The third-order valence-electron chi connectivity index (χ3n) is 3.20. The van der Waals surface area contributed by atoms with Crippen LogP contribution in [0.2, 0.25) is 5.02 Å². The van der Waals surface area contributed by atoms with Crippen LogP contribution in [-0.4, -0.2) is 18.4 Å². The quantitative estimate of drug-likeness (QED) is 0.811. The zero-order valence-electron chi connectivity index (χ0n) is 12.5. The van der Waals surface area contributed by atoms with Crippen LogP contribution < -0.4 is 10.6 Å². The molecule has 2 aromatic carbocycles. The summed E-state index contributed by atoms with van der Waals surface area (Å²) in [5.41, 5.74) is 2.44. The van der Waals surface area contributed by atoms with Gasteiger partial charge in [0.2, 0.25) is 11.8 Å². The molecular weight excluding hydrogens is 380 g/mol. The minimum absolute atomic E-state index is 0.0820. The first-order valence-electron chi connectivity index (χ1n) is 7.01. The molecule has 0 fully saturated rings. The van der Waals surface area contributed by atoms with Gasteiger partial charge in [0.15, 0.2) is 0 Å². The van der Waals surface area contributed by atoms with Crippen molar-refractivity contribution >= 4 is 45.0 Å². The fraction of sp³-hybridized carbons (Fsp3) is 0.176. The van der Waals surface area contributed by atoms with Crippen LogP contribution in [0.4, 0.5) is 5.69 Å². The molecule has 0 unspecified atom stereocenters. The number of aryl methyl sites for hydroxylation is 1. The molecule has 4 nitrogen and oxygen atoms in total. The van der Waals surface area contributed by atoms with E-state index in [1.54, 1.807) is 12.1 Å². The number of hydrogen-bond donors (Lipinski definition) is 2. The first-order valence-corrected chi connectivity index (χ1v) is 8.18. The van der Waals surface area contributed by atoms with Crippen LogP contribution in [-0.2, 0) is 16.0 Å². The lowest BCUT2D eigenvalue weighted by Crippen LogP contribution is -2.33. The molecule has 0 radical (unpaired) electrons. The molecule has 2 amide bonds. The Balaban J connectivity index is 1.83. The summed E-state index contributed by atoms with van der Waals surface area (Å²) in [6.45, 7) is 1.79. The lowest BCUT2D eigenvalue weighted by molar-refractivity contribution is -0.123. The Morgan fingerprint density at radius 2 is 1.78 bits per heavy atom. The second-order valence-electron chi connectivity index (χ2n) is 5.09. The van der Waals surface area contributed by atoms with Gasteiger partial charge in [0.1, 0.15) is 0 Å². The molecule has 0 spiro atoms. The fourth-order valence-corrected chi connectivity index (χ4v) is 2.39. The minimum Gasteiger partial charge on any atom is -0.347 e. The van der Waals surface area contributed by atoms with Crippen LogP contribution in [0.15, 0.2) is 46.9 Å². The lowest BCUT2D eigenvalue weighted by Gasteiger charge is -2.10. The molecule has 0 atom stereocenters. The summed E-state index contributed by atoms with van der Waals surface area (Å²) >= 11 is 9.25. The highest BCUT2D eigenvalue weighted by Gasteiger charge is 2.08. The van der Waals surface area contributed by atoms with Crippen molar-refractivity contribution in [2.75, 3.05) is 11.9 Å². The molecule has 6 heteroatoms. The fourth-order valence-electron chi connectivity index (χ4n) is 1.95. The van der Waals surface area contributed by atoms with Crippen molar-refractivity contribution in [3.63, 3.8) is 0 Å². The van der Waals surface area contributed by atoms with E-state index >= 15 is 0 Å². The number of carbonyl (C=O) groups is 2. The smallest absolute Gasteiger partial charge is 0.243 e. The SMILES string of the molecule is Cc1ccc(Cl)cc1NC(=O)CNC(=O)Cc1ccc(Br)cc1. The highest BCUT2D eigenvalue weighted by Crippen LogP contribution is 2.19. The number of anilines is 1. The van der Waals surface area contributed by atoms with Crippen LogP contribution >= 0.6 is 27.5 Å². The normalized spacial score (nSPS) is 10.2. The van der Waals surface area contributed by atoms with E-state index in [4.69, 9.17) is 11.6 Å². The van der Waals surface area contributed by atoms with E-state index in [1.807, 2.05) is 37.3 Å². The van der Waals surface area contributed by atoms with Gasteiger partial charge in [-0.1, -0.05) is 45.7 Å². The standard InChI is InChI=1S/C17H16BrClN2O2/c1-11-2-7-14(19)9-15(11)21-17(23)10-20-16(22)8-12-3-5-13(18)6-4-12/h2-7,9H,8,10H2,1H3,(H,20,22)(H,21,23). The number of carbonyl (C=O) groups excluding carboxylic acids is 2. The molecule has 0 saturated carbocycles. The van der Waals surface area contributed by atoms with E-state index in [0.29, 0.717) is 10.7 Å². The van der Waals surface area contributed by atoms with Crippen LogP contribution in [0, 0.1) is 6.92 Å². The predicted octanol–water partition coefficient (Wildman–Crippen LogP) is 3.71. The van der Waals surface area contributed by atoms with Crippen molar-refractivity contribution in [1.82, 2.24) is 5.32 Å². The van der Waals surface area contributed by atoms with Gasteiger partial charge in [0.25, 0.3) is 0 Å². The molecule has 120 valence electrons. The van der Waals surface area contributed by atoms with E-state index in [1.165, 1.54) is 0 Å². The predicted molar refractivity (Wildman–Crippen MR) is 95.7 cm³/mol. The molecule has 0 bridgehead atoms. The topological polar surface area (TPSA) is 58.2 Å². The second kappa shape index (κ2) is 8.13. The average molecular weight is 396 g/mol. The van der Waals surface area contributed by atoms with E-state index in [2.05, 4.69) is 26.6 Å². The second-order valence-corrected chi connectivity index (χ2v) is 6.44. The van der Waals surface area contributed by atoms with Crippen LogP contribution in [0.25, 0.3) is 0 Å². The van der Waals surface area contributed by atoms with Gasteiger partial charge in [-0.3, -0.25) is 9.59 Å². The van der Waals surface area contributed by atoms with Crippen molar-refractivity contribution in [1.29, 1.82) is 0 Å². The third-order valence-corrected chi connectivity index (χ3v) is 3.96. The highest BCUT2D eigenvalue weighted by molar-refractivity contribution is 9.10. The number of rotatable bonds is 5. The molecular formula is C17H16BrClN2O2. The summed E-state index contributed by atoms with van der Waals surface area (Å²) in [6.07, 6.45) is 0.233. The Morgan fingerprint density at radius 3 is 2.48 bits per heavy atom. The Labute approximate surface area is 148 Å². The van der Waals surface area contributed by atoms with Gasteiger partial charge in [0, 0.05) is 15.2 Å². The van der Waals surface area contributed by atoms with E-state index in [-0.39, 0.29) is 24.8 Å². The maximum atomic E-state index is 11.9. The Kier molecular flexibility index (Phi) is 6.19. The van der Waals surface area contributed by atoms with E-state index < -0.39 is 0 Å². The van der Waals surface area contributed by atoms with Gasteiger partial charge in [-0.2, -0.15) is 0 Å². The monoisotopic (exact) mass is 394 g/mol. The number of benzene rings is 2. The van der Waals surface area contributed by atoms with Crippen molar-refractivity contribution in [3.8, 4) is 0 Å². The molecule has 0 aliphatic heterocycles. The summed E-state index contributed by atoms with van der Waals surface area (Å²) in [5, 5.41) is 5.88. The van der Waals surface area contributed by atoms with E-state index in [9.17, 15) is 9.59 Å². The van der Waals surface area contributed by atoms with Gasteiger partial charge in [-0.05, 0) is 42.3 Å². The van der Waals surface area contributed by atoms with Gasteiger partial charge in [0.05, 0.1) is 13.0 Å². The molecule has 0 aromatic heterocycles. The molecule has 0 aliphatic carbocycles. The summed E-state index contributed by atoms with van der Waals surface area (Å²) in [4.78, 5) is 23.8. The molecule has 0 saturated heterocycles. The third kappa shape index (κ3) is 5.69. The first-order chi connectivity index (χ1) is 10.9. The summed E-state index contributed by atoms with van der Waals surface area (Å²) in [5.74, 6) is -0.496. The van der Waals surface area contributed by atoms with Crippen molar-refractivity contribution < 1.29 is 9.59 Å². The van der Waals surface area contributed by atoms with Crippen LogP contribution in [0.5, 0.6) is 0 Å². The van der Waals surface area contributed by atoms with Crippen LogP contribution in [0.3, 0.4) is 0 Å². The zero-order valence-corrected chi connectivity index (χ0v) is 14.9. The van der Waals surface area contributed by atoms with Crippen molar-refractivity contribution in [3.05, 3.63) is 63.1 Å². The largest absolute Gasteiger partial charge is 0.347 e. The molecule has 2 N–H and O–H groups in total. The van der Waals surface area contributed by atoms with Gasteiger partial charge in [-0.25, -0.2) is 0 Å². The highest BCUT2D eigenvalue weighted by atomic mass is 79.9. The van der Waals surface area contributed by atoms with Crippen molar-refractivity contribution in [2.45, 2.75) is 13.3 Å². The van der Waals surface area contributed by atoms with Gasteiger partial charge < -0.3 is 10.6 Å². The molecule has 23 heavy (non-hydrogen) atoms. The average Bonchev–Trinajstić information content (AvgIpc) is 2.51. The van der Waals surface area contributed by atoms with E-state index in [0.717, 1.165) is 15.6 Å². The summed E-state index contributed by atoms with van der Waals surface area (Å²) in [7, 11) is 0. The van der Waals surface area contributed by atoms with Gasteiger partial charge >= 0.3 is 0 Å². The lowest BCUT2D eigenvalue weighted by atomic mass is 10.1. The maximum absolute atomic E-state index is 11.9. The van der Waals surface area contributed by atoms with Crippen LogP contribution in [0.1, 0.15) is 11.1 Å².